The second-order valence-corrected chi connectivity index (χ2v) is 7.79. The molecule has 3 rings (SSSR count). The second kappa shape index (κ2) is 7.14. The van der Waals surface area contributed by atoms with E-state index in [-0.39, 0.29) is 11.8 Å². The van der Waals surface area contributed by atoms with Crippen molar-refractivity contribution in [1.29, 1.82) is 0 Å². The predicted molar refractivity (Wildman–Crippen MR) is 99.2 cm³/mol. The first-order valence-electron chi connectivity index (χ1n) is 8.15. The number of sulfonamides is 1. The van der Waals surface area contributed by atoms with E-state index in [2.05, 4.69) is 10.0 Å². The van der Waals surface area contributed by atoms with Gasteiger partial charge in [-0.1, -0.05) is 24.3 Å². The van der Waals surface area contributed by atoms with E-state index < -0.39 is 10.0 Å². The van der Waals surface area contributed by atoms with Crippen molar-refractivity contribution in [3.05, 3.63) is 59.7 Å². The highest BCUT2D eigenvalue weighted by atomic mass is 32.2. The molecule has 0 atom stereocenters. The van der Waals surface area contributed by atoms with Crippen LogP contribution in [0.5, 0.6) is 0 Å². The lowest BCUT2D eigenvalue weighted by atomic mass is 10.1. The molecule has 1 saturated heterocycles. The van der Waals surface area contributed by atoms with Crippen LogP contribution in [-0.4, -0.2) is 27.5 Å². The van der Waals surface area contributed by atoms with Crippen LogP contribution in [-0.2, 0) is 15.8 Å². The van der Waals surface area contributed by atoms with Gasteiger partial charge in [0.2, 0.25) is 10.0 Å². The molecule has 0 bridgehead atoms. The molecule has 2 N–H and O–H groups in total. The van der Waals surface area contributed by atoms with Gasteiger partial charge < -0.3 is 5.32 Å². The lowest BCUT2D eigenvalue weighted by Crippen LogP contribution is -2.46. The van der Waals surface area contributed by atoms with Gasteiger partial charge in [0.05, 0.1) is 5.75 Å². The Labute approximate surface area is 147 Å². The number of urea groups is 1. The van der Waals surface area contributed by atoms with E-state index in [9.17, 15) is 13.2 Å². The van der Waals surface area contributed by atoms with Crippen molar-refractivity contribution in [1.82, 2.24) is 5.32 Å². The molecule has 0 saturated carbocycles. The second-order valence-electron chi connectivity index (χ2n) is 6.07. The standard InChI is InChI=1S/C18H21N3O3S/c1-14-5-2-3-6-15(14)13-25(23,24)20-16-7-9-17(10-8-16)21-12-4-11-19-18(21)22/h2-3,5-10,20H,4,11-13H2,1H3,(H,19,22). The molecule has 0 aromatic heterocycles. The Balaban J connectivity index is 1.70. The minimum atomic E-state index is -3.50. The Bertz CT molecular complexity index is 863. The average Bonchev–Trinajstić information content (AvgIpc) is 2.58. The number of nitrogens with one attached hydrogen (secondary N) is 2. The molecule has 6 nitrogen and oxygen atoms in total. The number of anilines is 2. The molecule has 2 amide bonds. The van der Waals surface area contributed by atoms with Gasteiger partial charge in [0.1, 0.15) is 0 Å². The normalized spacial score (nSPS) is 14.9. The zero-order valence-electron chi connectivity index (χ0n) is 14.0. The van der Waals surface area contributed by atoms with Crippen LogP contribution in [0, 0.1) is 6.92 Å². The third kappa shape index (κ3) is 4.30. The van der Waals surface area contributed by atoms with Gasteiger partial charge in [0.15, 0.2) is 0 Å². The molecule has 132 valence electrons. The number of nitrogens with zero attached hydrogens (tertiary/aromatic N) is 1. The van der Waals surface area contributed by atoms with Crippen molar-refractivity contribution in [3.63, 3.8) is 0 Å². The van der Waals surface area contributed by atoms with Crippen molar-refractivity contribution in [2.24, 2.45) is 0 Å². The fraction of sp³-hybridized carbons (Fsp3) is 0.278. The highest BCUT2D eigenvalue weighted by molar-refractivity contribution is 7.91. The topological polar surface area (TPSA) is 78.5 Å². The molecular formula is C18H21N3O3S. The lowest BCUT2D eigenvalue weighted by Gasteiger charge is -2.27. The first-order chi connectivity index (χ1) is 11.9. The van der Waals surface area contributed by atoms with E-state index in [1.165, 1.54) is 0 Å². The fourth-order valence-corrected chi connectivity index (χ4v) is 4.08. The number of amides is 2. The number of carbonyl (C=O) groups excluding carboxylic acids is 1. The summed E-state index contributed by atoms with van der Waals surface area (Å²) in [5.74, 6) is -0.0735. The maximum atomic E-state index is 12.4. The summed E-state index contributed by atoms with van der Waals surface area (Å²) in [5.41, 5.74) is 2.95. The zero-order chi connectivity index (χ0) is 17.9. The molecule has 1 aliphatic rings. The summed E-state index contributed by atoms with van der Waals surface area (Å²) in [6.45, 7) is 3.24. The highest BCUT2D eigenvalue weighted by Gasteiger charge is 2.19. The largest absolute Gasteiger partial charge is 0.338 e. The average molecular weight is 359 g/mol. The van der Waals surface area contributed by atoms with Crippen LogP contribution in [0.15, 0.2) is 48.5 Å². The van der Waals surface area contributed by atoms with Gasteiger partial charge in [-0.2, -0.15) is 0 Å². The third-order valence-electron chi connectivity index (χ3n) is 4.14. The molecular weight excluding hydrogens is 338 g/mol. The van der Waals surface area contributed by atoms with Crippen molar-refractivity contribution < 1.29 is 13.2 Å². The van der Waals surface area contributed by atoms with Crippen LogP contribution < -0.4 is 14.9 Å². The van der Waals surface area contributed by atoms with E-state index in [1.807, 2.05) is 31.2 Å². The Morgan fingerprint density at radius 1 is 1.12 bits per heavy atom. The van der Waals surface area contributed by atoms with Gasteiger partial charge in [0.25, 0.3) is 0 Å². The maximum absolute atomic E-state index is 12.4. The zero-order valence-corrected chi connectivity index (χ0v) is 14.8. The van der Waals surface area contributed by atoms with Gasteiger partial charge in [-0.25, -0.2) is 13.2 Å². The van der Waals surface area contributed by atoms with Crippen molar-refractivity contribution in [3.8, 4) is 0 Å². The van der Waals surface area contributed by atoms with E-state index in [1.54, 1.807) is 29.2 Å². The Morgan fingerprint density at radius 3 is 2.52 bits per heavy atom. The van der Waals surface area contributed by atoms with Crippen molar-refractivity contribution in [2.75, 3.05) is 22.7 Å². The summed E-state index contributed by atoms with van der Waals surface area (Å²) in [6, 6.07) is 14.1. The van der Waals surface area contributed by atoms with Crippen LogP contribution in [0.25, 0.3) is 0 Å². The molecule has 2 aromatic carbocycles. The molecule has 7 heteroatoms. The summed E-state index contributed by atoms with van der Waals surface area (Å²) in [4.78, 5) is 13.5. The Hall–Kier alpha value is -2.54. The first kappa shape index (κ1) is 17.3. The smallest absolute Gasteiger partial charge is 0.321 e. The number of carbonyl (C=O) groups is 1. The van der Waals surface area contributed by atoms with Crippen LogP contribution >= 0.6 is 0 Å². The molecule has 25 heavy (non-hydrogen) atoms. The number of benzene rings is 2. The molecule has 0 unspecified atom stereocenters. The minimum Gasteiger partial charge on any atom is -0.338 e. The van der Waals surface area contributed by atoms with Crippen LogP contribution in [0.4, 0.5) is 16.2 Å². The summed E-state index contributed by atoms with van der Waals surface area (Å²) < 4.78 is 27.3. The molecule has 0 radical (unpaired) electrons. The summed E-state index contributed by atoms with van der Waals surface area (Å²) in [6.07, 6.45) is 0.885. The minimum absolute atomic E-state index is 0.0735. The van der Waals surface area contributed by atoms with Crippen LogP contribution in [0.1, 0.15) is 17.5 Å². The Kier molecular flexibility index (Phi) is 4.94. The number of aryl methyl sites for hydroxylation is 1. The van der Waals surface area contributed by atoms with Crippen molar-refractivity contribution >= 4 is 27.4 Å². The molecule has 2 aromatic rings. The fourth-order valence-electron chi connectivity index (χ4n) is 2.78. The quantitative estimate of drug-likeness (QED) is 0.862. The number of hydrogen-bond acceptors (Lipinski definition) is 3. The van der Waals surface area contributed by atoms with E-state index >= 15 is 0 Å². The monoisotopic (exact) mass is 359 g/mol. The number of rotatable bonds is 5. The van der Waals surface area contributed by atoms with E-state index in [0.717, 1.165) is 23.2 Å². The van der Waals surface area contributed by atoms with Gasteiger partial charge >= 0.3 is 6.03 Å². The molecule has 1 heterocycles. The summed E-state index contributed by atoms with van der Waals surface area (Å²) >= 11 is 0. The SMILES string of the molecule is Cc1ccccc1CS(=O)(=O)Nc1ccc(N2CCCNC2=O)cc1. The summed E-state index contributed by atoms with van der Waals surface area (Å²) in [7, 11) is -3.50. The van der Waals surface area contributed by atoms with Crippen LogP contribution in [0.2, 0.25) is 0 Å². The van der Waals surface area contributed by atoms with Gasteiger partial charge in [-0.3, -0.25) is 9.62 Å². The van der Waals surface area contributed by atoms with E-state index in [0.29, 0.717) is 18.8 Å². The maximum Gasteiger partial charge on any atom is 0.321 e. The molecule has 1 fully saturated rings. The number of hydrogen-bond donors (Lipinski definition) is 2. The predicted octanol–water partition coefficient (Wildman–Crippen LogP) is 2.86. The van der Waals surface area contributed by atoms with Gasteiger partial charge in [0, 0.05) is 24.5 Å². The third-order valence-corrected chi connectivity index (χ3v) is 5.38. The highest BCUT2D eigenvalue weighted by Crippen LogP contribution is 2.21. The molecule has 0 spiro atoms. The van der Waals surface area contributed by atoms with Crippen molar-refractivity contribution in [2.45, 2.75) is 19.1 Å². The van der Waals surface area contributed by atoms with Gasteiger partial charge in [-0.05, 0) is 48.7 Å². The lowest BCUT2D eigenvalue weighted by molar-refractivity contribution is 0.243. The summed E-state index contributed by atoms with van der Waals surface area (Å²) in [5, 5.41) is 2.79. The van der Waals surface area contributed by atoms with E-state index in [4.69, 9.17) is 0 Å². The van der Waals surface area contributed by atoms with Crippen LogP contribution in [0.3, 0.4) is 0 Å². The van der Waals surface area contributed by atoms with Gasteiger partial charge in [-0.15, -0.1) is 0 Å². The molecule has 1 aliphatic heterocycles. The molecule has 0 aliphatic carbocycles. The Morgan fingerprint density at radius 2 is 1.84 bits per heavy atom. The first-order valence-corrected chi connectivity index (χ1v) is 9.80.